The topological polar surface area (TPSA) is 38.3 Å². The molecule has 1 rings (SSSR count). The first kappa shape index (κ1) is 13.5. The zero-order valence-electron chi connectivity index (χ0n) is 9.09. The van der Waals surface area contributed by atoms with Crippen molar-refractivity contribution in [2.75, 3.05) is 13.7 Å². The van der Waals surface area contributed by atoms with Gasteiger partial charge in [-0.25, -0.2) is 0 Å². The lowest BCUT2D eigenvalue weighted by Crippen LogP contribution is -2.31. The molecule has 0 radical (unpaired) electrons. The highest BCUT2D eigenvalue weighted by atomic mass is 79.9. The predicted octanol–water partition coefficient (Wildman–Crippen LogP) is 2.87. The number of benzene rings is 1. The van der Waals surface area contributed by atoms with Gasteiger partial charge in [0.15, 0.2) is 0 Å². The van der Waals surface area contributed by atoms with Crippen molar-refractivity contribution < 1.29 is 9.53 Å². The molecule has 0 saturated carbocycles. The minimum Gasteiger partial charge on any atom is -0.380 e. The Balaban J connectivity index is 2.69. The van der Waals surface area contributed by atoms with E-state index in [0.29, 0.717) is 17.1 Å². The van der Waals surface area contributed by atoms with Gasteiger partial charge in [0.05, 0.1) is 16.7 Å². The van der Waals surface area contributed by atoms with Crippen LogP contribution in [0.15, 0.2) is 22.7 Å². The maximum Gasteiger partial charge on any atom is 0.252 e. The molecule has 88 valence electrons. The molecule has 0 aliphatic heterocycles. The van der Waals surface area contributed by atoms with Crippen LogP contribution in [0.4, 0.5) is 0 Å². The van der Waals surface area contributed by atoms with Gasteiger partial charge in [-0.05, 0) is 25.1 Å². The molecule has 1 atom stereocenters. The second-order valence-corrected chi connectivity index (χ2v) is 4.70. The van der Waals surface area contributed by atoms with Crippen molar-refractivity contribution in [1.29, 1.82) is 0 Å². The summed E-state index contributed by atoms with van der Waals surface area (Å²) in [5, 5.41) is 3.18. The van der Waals surface area contributed by atoms with Crippen molar-refractivity contribution >= 4 is 33.4 Å². The molecular weight excluding hydrogens is 293 g/mol. The Labute approximate surface area is 108 Å². The zero-order valence-corrected chi connectivity index (χ0v) is 11.4. The fraction of sp³-hybridized carbons (Fsp3) is 0.364. The number of methoxy groups -OCH3 is 1. The van der Waals surface area contributed by atoms with Gasteiger partial charge in [0.2, 0.25) is 0 Å². The first-order valence-corrected chi connectivity index (χ1v) is 5.97. The minimum absolute atomic E-state index is 0.0186. The van der Waals surface area contributed by atoms with Gasteiger partial charge in [-0.3, -0.25) is 4.79 Å². The lowest BCUT2D eigenvalue weighted by atomic mass is 10.2. The second-order valence-electron chi connectivity index (χ2n) is 3.38. The van der Waals surface area contributed by atoms with Crippen LogP contribution in [-0.2, 0) is 4.74 Å². The van der Waals surface area contributed by atoms with Gasteiger partial charge in [-0.2, -0.15) is 0 Å². The van der Waals surface area contributed by atoms with E-state index in [1.165, 1.54) is 0 Å². The lowest BCUT2D eigenvalue weighted by Gasteiger charge is -2.11. The maximum absolute atomic E-state index is 11.8. The molecule has 16 heavy (non-hydrogen) atoms. The number of carbonyl (C=O) groups is 1. The number of halogens is 2. The number of ether oxygens (including phenoxy) is 1. The molecule has 1 N–H and O–H groups in total. The van der Waals surface area contributed by atoms with Crippen LogP contribution in [0.1, 0.15) is 17.3 Å². The van der Waals surface area contributed by atoms with E-state index in [4.69, 9.17) is 16.3 Å². The molecule has 3 nitrogen and oxygen atoms in total. The summed E-state index contributed by atoms with van der Waals surface area (Å²) in [5.41, 5.74) is 0.458. The summed E-state index contributed by atoms with van der Waals surface area (Å²) in [5.74, 6) is -0.199. The van der Waals surface area contributed by atoms with E-state index in [0.717, 1.165) is 4.47 Å². The third kappa shape index (κ3) is 3.77. The Bertz CT molecular complexity index is 384. The molecule has 1 unspecified atom stereocenters. The highest BCUT2D eigenvalue weighted by molar-refractivity contribution is 9.10. The lowest BCUT2D eigenvalue weighted by molar-refractivity contribution is 0.0870. The van der Waals surface area contributed by atoms with Gasteiger partial charge >= 0.3 is 0 Å². The Morgan fingerprint density at radius 2 is 2.31 bits per heavy atom. The molecule has 0 saturated heterocycles. The summed E-state index contributed by atoms with van der Waals surface area (Å²) in [6.07, 6.45) is -0.0186. The highest BCUT2D eigenvalue weighted by Gasteiger charge is 2.11. The monoisotopic (exact) mass is 305 g/mol. The first-order chi connectivity index (χ1) is 7.54. The van der Waals surface area contributed by atoms with Crippen LogP contribution in [0.2, 0.25) is 5.02 Å². The van der Waals surface area contributed by atoms with Crippen LogP contribution in [0.5, 0.6) is 0 Å². The van der Waals surface area contributed by atoms with Gasteiger partial charge in [-0.1, -0.05) is 27.5 Å². The average Bonchev–Trinajstić information content (AvgIpc) is 2.28. The number of rotatable bonds is 4. The molecule has 0 aromatic heterocycles. The predicted molar refractivity (Wildman–Crippen MR) is 68.0 cm³/mol. The van der Waals surface area contributed by atoms with E-state index >= 15 is 0 Å². The molecule has 0 bridgehead atoms. The Morgan fingerprint density at radius 3 is 2.94 bits per heavy atom. The fourth-order valence-corrected chi connectivity index (χ4v) is 1.65. The molecule has 0 spiro atoms. The van der Waals surface area contributed by atoms with E-state index in [1.54, 1.807) is 25.3 Å². The molecule has 0 heterocycles. The van der Waals surface area contributed by atoms with Gasteiger partial charge < -0.3 is 10.1 Å². The van der Waals surface area contributed by atoms with Crippen LogP contribution in [0.25, 0.3) is 0 Å². The summed E-state index contributed by atoms with van der Waals surface area (Å²) in [4.78, 5) is 11.8. The van der Waals surface area contributed by atoms with E-state index in [2.05, 4.69) is 21.2 Å². The molecule has 0 fully saturated rings. The number of nitrogens with one attached hydrogen (secondary N) is 1. The quantitative estimate of drug-likeness (QED) is 0.929. The van der Waals surface area contributed by atoms with Crippen LogP contribution in [-0.4, -0.2) is 25.7 Å². The molecule has 1 aromatic rings. The van der Waals surface area contributed by atoms with Gasteiger partial charge in [-0.15, -0.1) is 0 Å². The third-order valence-corrected chi connectivity index (χ3v) is 2.95. The summed E-state index contributed by atoms with van der Waals surface area (Å²) in [6, 6.07) is 5.16. The minimum atomic E-state index is -0.199. The highest BCUT2D eigenvalue weighted by Crippen LogP contribution is 2.20. The zero-order chi connectivity index (χ0) is 12.1. The average molecular weight is 307 g/mol. The van der Waals surface area contributed by atoms with Crippen LogP contribution < -0.4 is 5.32 Å². The van der Waals surface area contributed by atoms with Gasteiger partial charge in [0.1, 0.15) is 0 Å². The number of hydrogen-bond donors (Lipinski definition) is 1. The molecular formula is C11H13BrClNO2. The van der Waals surface area contributed by atoms with Crippen molar-refractivity contribution in [2.45, 2.75) is 13.0 Å². The molecule has 1 amide bonds. The number of carbonyl (C=O) groups excluding carboxylic acids is 1. The van der Waals surface area contributed by atoms with Crippen molar-refractivity contribution in [3.8, 4) is 0 Å². The Kier molecular flexibility index (Phi) is 5.25. The molecule has 5 heteroatoms. The summed E-state index contributed by atoms with van der Waals surface area (Å²) >= 11 is 9.22. The SMILES string of the molecule is COC(C)CNC(=O)c1cc(Br)ccc1Cl. The van der Waals surface area contributed by atoms with Crippen LogP contribution >= 0.6 is 27.5 Å². The summed E-state index contributed by atoms with van der Waals surface area (Å²) < 4.78 is 5.85. The molecule has 0 aliphatic rings. The van der Waals surface area contributed by atoms with Crippen LogP contribution in [0.3, 0.4) is 0 Å². The van der Waals surface area contributed by atoms with Crippen molar-refractivity contribution in [3.05, 3.63) is 33.3 Å². The molecule has 0 aliphatic carbocycles. The third-order valence-electron chi connectivity index (χ3n) is 2.13. The smallest absolute Gasteiger partial charge is 0.252 e. The van der Waals surface area contributed by atoms with Gasteiger partial charge in [0.25, 0.3) is 5.91 Å². The van der Waals surface area contributed by atoms with E-state index in [-0.39, 0.29) is 12.0 Å². The van der Waals surface area contributed by atoms with Crippen LogP contribution in [0, 0.1) is 0 Å². The Morgan fingerprint density at radius 1 is 1.62 bits per heavy atom. The van der Waals surface area contributed by atoms with Crippen molar-refractivity contribution in [3.63, 3.8) is 0 Å². The standard InChI is InChI=1S/C11H13BrClNO2/c1-7(16-2)6-14-11(15)9-5-8(12)3-4-10(9)13/h3-5,7H,6H2,1-2H3,(H,14,15). The fourth-order valence-electron chi connectivity index (χ4n) is 1.09. The summed E-state index contributed by atoms with van der Waals surface area (Å²) in [6.45, 7) is 2.33. The van der Waals surface area contributed by atoms with E-state index in [1.807, 2.05) is 6.92 Å². The largest absolute Gasteiger partial charge is 0.380 e. The number of amides is 1. The summed E-state index contributed by atoms with van der Waals surface area (Å²) in [7, 11) is 1.60. The van der Waals surface area contributed by atoms with E-state index in [9.17, 15) is 4.79 Å². The van der Waals surface area contributed by atoms with E-state index < -0.39 is 0 Å². The number of hydrogen-bond acceptors (Lipinski definition) is 2. The normalized spacial score (nSPS) is 12.2. The van der Waals surface area contributed by atoms with Crippen molar-refractivity contribution in [1.82, 2.24) is 5.32 Å². The molecule has 1 aromatic carbocycles. The Hall–Kier alpha value is -0.580. The second kappa shape index (κ2) is 6.23. The van der Waals surface area contributed by atoms with Gasteiger partial charge in [0, 0.05) is 18.1 Å². The first-order valence-electron chi connectivity index (χ1n) is 4.80. The maximum atomic E-state index is 11.8. The van der Waals surface area contributed by atoms with Crippen molar-refractivity contribution in [2.24, 2.45) is 0 Å².